The van der Waals surface area contributed by atoms with Gasteiger partial charge in [0.15, 0.2) is 0 Å². The quantitative estimate of drug-likeness (QED) is 0.882. The first-order chi connectivity index (χ1) is 11.5. The van der Waals surface area contributed by atoms with Crippen LogP contribution in [0.5, 0.6) is 5.75 Å². The van der Waals surface area contributed by atoms with E-state index in [9.17, 15) is 9.90 Å². The summed E-state index contributed by atoms with van der Waals surface area (Å²) in [5.74, 6) is 1.48. The summed E-state index contributed by atoms with van der Waals surface area (Å²) in [7, 11) is 1.75. The van der Waals surface area contributed by atoms with Crippen molar-refractivity contribution in [3.05, 3.63) is 51.9 Å². The normalized spacial score (nSPS) is 15.3. The average Bonchev–Trinajstić information content (AvgIpc) is 3.40. The highest BCUT2D eigenvalue weighted by molar-refractivity contribution is 5.73. The molecule has 3 rings (SSSR count). The van der Waals surface area contributed by atoms with Crippen molar-refractivity contribution >= 4 is 0 Å². The largest absolute Gasteiger partial charge is 0.493 e. The van der Waals surface area contributed by atoms with Crippen molar-refractivity contribution in [1.29, 1.82) is 0 Å². The molecule has 1 aromatic heterocycles. The minimum Gasteiger partial charge on any atom is -0.493 e. The summed E-state index contributed by atoms with van der Waals surface area (Å²) in [6.45, 7) is 4.62. The maximum absolute atomic E-state index is 11.8. The fourth-order valence-electron chi connectivity index (χ4n) is 2.82. The van der Waals surface area contributed by atoms with E-state index in [1.807, 2.05) is 38.2 Å². The van der Waals surface area contributed by atoms with E-state index < -0.39 is 6.10 Å². The molecule has 4 nitrogen and oxygen atoms in total. The predicted molar refractivity (Wildman–Crippen MR) is 95.3 cm³/mol. The number of ether oxygens (including phenoxy) is 1. The van der Waals surface area contributed by atoms with E-state index in [1.165, 1.54) is 12.8 Å². The van der Waals surface area contributed by atoms with Crippen LogP contribution in [0.15, 0.2) is 35.3 Å². The summed E-state index contributed by atoms with van der Waals surface area (Å²) in [6, 6.07) is 7.50. The second-order valence-corrected chi connectivity index (χ2v) is 6.75. The Balaban J connectivity index is 2.07. The number of aromatic nitrogens is 1. The van der Waals surface area contributed by atoms with E-state index in [-0.39, 0.29) is 5.56 Å². The first kappa shape index (κ1) is 16.8. The molecule has 1 atom stereocenters. The topological polar surface area (TPSA) is 51.5 Å². The fraction of sp³-hybridized carbons (Fsp3) is 0.450. The fourth-order valence-corrected chi connectivity index (χ4v) is 2.82. The van der Waals surface area contributed by atoms with Crippen LogP contribution >= 0.6 is 0 Å². The number of benzene rings is 1. The maximum atomic E-state index is 11.8. The van der Waals surface area contributed by atoms with Crippen LogP contribution in [-0.4, -0.2) is 16.3 Å². The number of hydrogen-bond donors (Lipinski definition) is 1. The Morgan fingerprint density at radius 2 is 2.04 bits per heavy atom. The molecule has 1 aromatic carbocycles. The highest BCUT2D eigenvalue weighted by atomic mass is 16.5. The van der Waals surface area contributed by atoms with Gasteiger partial charge in [-0.25, -0.2) is 0 Å². The molecule has 0 amide bonds. The summed E-state index contributed by atoms with van der Waals surface area (Å²) in [4.78, 5) is 11.8. The van der Waals surface area contributed by atoms with Crippen molar-refractivity contribution in [2.45, 2.75) is 39.2 Å². The third-order valence-corrected chi connectivity index (χ3v) is 4.67. The maximum Gasteiger partial charge on any atom is 0.250 e. The number of rotatable bonds is 6. The zero-order valence-electron chi connectivity index (χ0n) is 14.6. The van der Waals surface area contributed by atoms with Gasteiger partial charge < -0.3 is 14.4 Å². The third kappa shape index (κ3) is 3.54. The smallest absolute Gasteiger partial charge is 0.250 e. The number of pyridine rings is 1. The lowest BCUT2D eigenvalue weighted by Crippen LogP contribution is -2.16. The molecule has 1 saturated carbocycles. The van der Waals surface area contributed by atoms with Crippen LogP contribution in [0.1, 0.15) is 43.4 Å². The summed E-state index contributed by atoms with van der Waals surface area (Å²) in [5.41, 5.74) is 3.67. The third-order valence-electron chi connectivity index (χ3n) is 4.67. The second kappa shape index (κ2) is 6.81. The molecule has 1 fully saturated rings. The van der Waals surface area contributed by atoms with Gasteiger partial charge in [0, 0.05) is 30.4 Å². The van der Waals surface area contributed by atoms with Gasteiger partial charge in [0.05, 0.1) is 12.7 Å². The van der Waals surface area contributed by atoms with Gasteiger partial charge in [-0.1, -0.05) is 13.0 Å². The summed E-state index contributed by atoms with van der Waals surface area (Å²) in [5, 5.41) is 10.2. The zero-order chi connectivity index (χ0) is 17.3. The van der Waals surface area contributed by atoms with Crippen molar-refractivity contribution in [2.75, 3.05) is 6.61 Å². The van der Waals surface area contributed by atoms with Crippen LogP contribution in [0.3, 0.4) is 0 Å². The average molecular weight is 327 g/mol. The summed E-state index contributed by atoms with van der Waals surface area (Å²) in [6.07, 6.45) is 4.49. The van der Waals surface area contributed by atoms with Gasteiger partial charge in [-0.15, -0.1) is 0 Å². The van der Waals surface area contributed by atoms with Crippen LogP contribution in [0, 0.1) is 12.8 Å². The highest BCUT2D eigenvalue weighted by Gasteiger charge is 2.23. The van der Waals surface area contributed by atoms with Gasteiger partial charge in [0.2, 0.25) is 0 Å². The molecule has 0 aliphatic heterocycles. The molecule has 0 spiro atoms. The van der Waals surface area contributed by atoms with Crippen LogP contribution in [-0.2, 0) is 7.05 Å². The van der Waals surface area contributed by atoms with Gasteiger partial charge in [-0.3, -0.25) is 4.79 Å². The van der Waals surface area contributed by atoms with E-state index in [1.54, 1.807) is 17.7 Å². The lowest BCUT2D eigenvalue weighted by molar-refractivity contribution is 0.173. The van der Waals surface area contributed by atoms with Crippen molar-refractivity contribution in [1.82, 2.24) is 4.57 Å². The number of nitrogens with zero attached hydrogens (tertiary/aromatic N) is 1. The molecule has 0 bridgehead atoms. The summed E-state index contributed by atoms with van der Waals surface area (Å²) < 4.78 is 7.62. The van der Waals surface area contributed by atoms with E-state index in [0.717, 1.165) is 34.6 Å². The van der Waals surface area contributed by atoms with Gasteiger partial charge in [0.25, 0.3) is 5.56 Å². The van der Waals surface area contributed by atoms with E-state index in [4.69, 9.17) is 4.74 Å². The van der Waals surface area contributed by atoms with Gasteiger partial charge in [-0.2, -0.15) is 0 Å². The monoisotopic (exact) mass is 327 g/mol. The molecule has 1 aliphatic carbocycles. The first-order valence-corrected chi connectivity index (χ1v) is 8.62. The van der Waals surface area contributed by atoms with Crippen molar-refractivity contribution in [3.8, 4) is 16.9 Å². The van der Waals surface area contributed by atoms with E-state index in [0.29, 0.717) is 12.3 Å². The van der Waals surface area contributed by atoms with Crippen LogP contribution in [0.4, 0.5) is 0 Å². The second-order valence-electron chi connectivity index (χ2n) is 6.75. The molecule has 4 heteroatoms. The highest BCUT2D eigenvalue weighted by Crippen LogP contribution is 2.36. The lowest BCUT2D eigenvalue weighted by Gasteiger charge is -2.17. The molecule has 128 valence electrons. The molecule has 1 heterocycles. The minimum atomic E-state index is -0.492. The minimum absolute atomic E-state index is 0.0264. The van der Waals surface area contributed by atoms with Gasteiger partial charge in [0.1, 0.15) is 5.75 Å². The van der Waals surface area contributed by atoms with Crippen molar-refractivity contribution < 1.29 is 9.84 Å². The molecule has 0 saturated heterocycles. The first-order valence-electron chi connectivity index (χ1n) is 8.62. The molecular formula is C20H25NO3. The standard InChI is InChI=1S/C20H25NO3/c1-4-18(22)15-7-8-19(24-12-14-5-6-14)16(10-15)17-11-21(3)20(23)9-13(17)2/h7-11,14,18,22H,4-6,12H2,1-3H3/t18-/m1/s1. The Bertz CT molecular complexity index is 790. The predicted octanol–water partition coefficient (Wildman–Crippen LogP) is 3.59. The van der Waals surface area contributed by atoms with Crippen LogP contribution in [0.25, 0.3) is 11.1 Å². The van der Waals surface area contributed by atoms with Gasteiger partial charge >= 0.3 is 0 Å². The molecule has 1 N–H and O–H groups in total. The summed E-state index contributed by atoms with van der Waals surface area (Å²) >= 11 is 0. The van der Waals surface area contributed by atoms with E-state index >= 15 is 0 Å². The molecule has 2 aromatic rings. The molecule has 24 heavy (non-hydrogen) atoms. The SMILES string of the molecule is CC[C@@H](O)c1ccc(OCC2CC2)c(-c2cn(C)c(=O)cc2C)c1. The number of aliphatic hydroxyl groups is 1. The lowest BCUT2D eigenvalue weighted by atomic mass is 9.97. The molecule has 1 aliphatic rings. The van der Waals surface area contributed by atoms with E-state index in [2.05, 4.69) is 0 Å². The van der Waals surface area contributed by atoms with Crippen LogP contribution < -0.4 is 10.3 Å². The Morgan fingerprint density at radius 3 is 2.71 bits per heavy atom. The molecular weight excluding hydrogens is 302 g/mol. The zero-order valence-corrected chi connectivity index (χ0v) is 14.6. The number of hydrogen-bond acceptors (Lipinski definition) is 3. The van der Waals surface area contributed by atoms with Crippen LogP contribution in [0.2, 0.25) is 0 Å². The Hall–Kier alpha value is -2.07. The number of aryl methyl sites for hydroxylation is 2. The Labute approximate surface area is 142 Å². The van der Waals surface area contributed by atoms with Crippen molar-refractivity contribution in [2.24, 2.45) is 13.0 Å². The number of aliphatic hydroxyl groups excluding tert-OH is 1. The molecule has 0 radical (unpaired) electrons. The van der Waals surface area contributed by atoms with Crippen molar-refractivity contribution in [3.63, 3.8) is 0 Å². The molecule has 0 unspecified atom stereocenters. The van der Waals surface area contributed by atoms with Gasteiger partial charge in [-0.05, 0) is 55.4 Å². The Kier molecular flexibility index (Phi) is 4.76. The Morgan fingerprint density at radius 1 is 1.29 bits per heavy atom.